The van der Waals surface area contributed by atoms with Crippen molar-refractivity contribution in [1.82, 2.24) is 5.32 Å². The lowest BCUT2D eigenvalue weighted by Crippen LogP contribution is -2.50. The number of nitrogens with zero attached hydrogens (tertiary/aromatic N) is 1. The summed E-state index contributed by atoms with van der Waals surface area (Å²) < 4.78 is 5.80. The molecule has 0 radical (unpaired) electrons. The predicted octanol–water partition coefficient (Wildman–Crippen LogP) is 3.33. The van der Waals surface area contributed by atoms with Crippen molar-refractivity contribution in [3.8, 4) is 5.75 Å². The molecular weight excluding hydrogens is 340 g/mol. The maximum absolute atomic E-state index is 12.6. The molecule has 2 amide bonds. The SMILES string of the molecule is CC(=O)N1CC(C(=O)NC(C)c2cccc(Cl)c2)Oc2ccccc21. The van der Waals surface area contributed by atoms with Crippen molar-refractivity contribution in [1.29, 1.82) is 0 Å². The highest BCUT2D eigenvalue weighted by Crippen LogP contribution is 2.33. The molecule has 1 aliphatic heterocycles. The second-order valence-electron chi connectivity index (χ2n) is 5.99. The summed E-state index contributed by atoms with van der Waals surface area (Å²) >= 11 is 6.00. The summed E-state index contributed by atoms with van der Waals surface area (Å²) in [5.74, 6) is 0.129. The van der Waals surface area contributed by atoms with Gasteiger partial charge in [0, 0.05) is 11.9 Å². The average Bonchev–Trinajstić information content (AvgIpc) is 2.60. The molecule has 3 rings (SSSR count). The highest BCUT2D eigenvalue weighted by Gasteiger charge is 2.33. The molecule has 2 aromatic carbocycles. The number of hydrogen-bond donors (Lipinski definition) is 1. The largest absolute Gasteiger partial charge is 0.477 e. The van der Waals surface area contributed by atoms with Crippen LogP contribution in [0.15, 0.2) is 48.5 Å². The van der Waals surface area contributed by atoms with Gasteiger partial charge in [-0.2, -0.15) is 0 Å². The number of ether oxygens (including phenoxy) is 1. The van der Waals surface area contributed by atoms with Crippen LogP contribution in [0, 0.1) is 0 Å². The molecule has 1 heterocycles. The number of rotatable bonds is 3. The third kappa shape index (κ3) is 3.77. The molecular formula is C19H19ClN2O3. The summed E-state index contributed by atoms with van der Waals surface area (Å²) in [7, 11) is 0. The molecule has 0 aliphatic carbocycles. The van der Waals surface area contributed by atoms with Crippen molar-refractivity contribution >= 4 is 29.1 Å². The summed E-state index contributed by atoms with van der Waals surface area (Å²) in [6.45, 7) is 3.54. The van der Waals surface area contributed by atoms with Crippen LogP contribution in [0.25, 0.3) is 0 Å². The minimum atomic E-state index is -0.763. The summed E-state index contributed by atoms with van der Waals surface area (Å²) in [4.78, 5) is 26.1. The molecule has 2 aromatic rings. The molecule has 0 bridgehead atoms. The van der Waals surface area contributed by atoms with E-state index in [1.807, 2.05) is 37.3 Å². The van der Waals surface area contributed by atoms with Crippen molar-refractivity contribution in [2.45, 2.75) is 26.0 Å². The number of nitrogens with one attached hydrogen (secondary N) is 1. The van der Waals surface area contributed by atoms with Crippen molar-refractivity contribution in [3.63, 3.8) is 0 Å². The fraction of sp³-hybridized carbons (Fsp3) is 0.263. The van der Waals surface area contributed by atoms with Crippen LogP contribution in [-0.4, -0.2) is 24.5 Å². The van der Waals surface area contributed by atoms with Crippen molar-refractivity contribution in [3.05, 3.63) is 59.1 Å². The molecule has 5 nitrogen and oxygen atoms in total. The predicted molar refractivity (Wildman–Crippen MR) is 96.9 cm³/mol. The fourth-order valence-electron chi connectivity index (χ4n) is 2.83. The lowest BCUT2D eigenvalue weighted by molar-refractivity contribution is -0.129. The molecule has 2 atom stereocenters. The molecule has 0 fully saturated rings. The zero-order valence-electron chi connectivity index (χ0n) is 14.0. The van der Waals surface area contributed by atoms with Gasteiger partial charge in [0.05, 0.1) is 18.3 Å². The lowest BCUT2D eigenvalue weighted by atomic mass is 10.1. The number of benzene rings is 2. The molecule has 130 valence electrons. The van der Waals surface area contributed by atoms with E-state index < -0.39 is 6.10 Å². The van der Waals surface area contributed by atoms with Gasteiger partial charge in [-0.3, -0.25) is 9.59 Å². The Morgan fingerprint density at radius 2 is 2.00 bits per heavy atom. The normalized spacial score (nSPS) is 17.2. The van der Waals surface area contributed by atoms with E-state index in [0.29, 0.717) is 16.5 Å². The standard InChI is InChI=1S/C19H19ClN2O3/c1-12(14-6-5-7-15(20)10-14)21-19(24)18-11-22(13(2)23)16-8-3-4-9-17(16)25-18/h3-10,12,18H,11H2,1-2H3,(H,21,24). The van der Waals surface area contributed by atoms with Gasteiger partial charge in [0.2, 0.25) is 5.91 Å². The summed E-state index contributed by atoms with van der Waals surface area (Å²) in [6.07, 6.45) is -0.763. The maximum Gasteiger partial charge on any atom is 0.263 e. The zero-order chi connectivity index (χ0) is 18.0. The number of anilines is 1. The summed E-state index contributed by atoms with van der Waals surface area (Å²) in [5.41, 5.74) is 1.59. The van der Waals surface area contributed by atoms with E-state index in [2.05, 4.69) is 5.32 Å². The van der Waals surface area contributed by atoms with Gasteiger partial charge in [0.25, 0.3) is 5.91 Å². The molecule has 0 saturated carbocycles. The van der Waals surface area contributed by atoms with Crippen LogP contribution in [0.2, 0.25) is 5.02 Å². The van der Waals surface area contributed by atoms with Crippen molar-refractivity contribution in [2.24, 2.45) is 0 Å². The Kier molecular flexibility index (Phi) is 4.95. The minimum Gasteiger partial charge on any atom is -0.477 e. The molecule has 2 unspecified atom stereocenters. The Hall–Kier alpha value is -2.53. The van der Waals surface area contributed by atoms with Crippen molar-refractivity contribution in [2.75, 3.05) is 11.4 Å². The van der Waals surface area contributed by atoms with Crippen LogP contribution >= 0.6 is 11.6 Å². The number of amides is 2. The zero-order valence-corrected chi connectivity index (χ0v) is 14.8. The Morgan fingerprint density at radius 3 is 2.72 bits per heavy atom. The quantitative estimate of drug-likeness (QED) is 0.915. The Bertz CT molecular complexity index is 809. The highest BCUT2D eigenvalue weighted by molar-refractivity contribution is 6.30. The first kappa shape index (κ1) is 17.3. The van der Waals surface area contributed by atoms with Gasteiger partial charge in [-0.1, -0.05) is 35.9 Å². The molecule has 0 spiro atoms. The van der Waals surface area contributed by atoms with E-state index in [-0.39, 0.29) is 24.4 Å². The molecule has 0 aromatic heterocycles. The topological polar surface area (TPSA) is 58.6 Å². The van der Waals surface area contributed by atoms with E-state index in [9.17, 15) is 9.59 Å². The van der Waals surface area contributed by atoms with E-state index >= 15 is 0 Å². The molecule has 1 aliphatic rings. The summed E-state index contributed by atoms with van der Waals surface area (Å²) in [5, 5.41) is 3.54. The number of carbonyl (C=O) groups excluding carboxylic acids is 2. The first-order chi connectivity index (χ1) is 12.0. The van der Waals surface area contributed by atoms with Gasteiger partial charge in [-0.05, 0) is 36.8 Å². The first-order valence-electron chi connectivity index (χ1n) is 8.05. The van der Waals surface area contributed by atoms with Crippen LogP contribution in [-0.2, 0) is 9.59 Å². The van der Waals surface area contributed by atoms with E-state index in [0.717, 1.165) is 5.56 Å². The van der Waals surface area contributed by atoms with E-state index in [4.69, 9.17) is 16.3 Å². The minimum absolute atomic E-state index is 0.128. The third-order valence-electron chi connectivity index (χ3n) is 4.15. The van der Waals surface area contributed by atoms with Crippen LogP contribution in [0.3, 0.4) is 0 Å². The average molecular weight is 359 g/mol. The van der Waals surface area contributed by atoms with Crippen LogP contribution in [0.1, 0.15) is 25.5 Å². The third-order valence-corrected chi connectivity index (χ3v) is 4.39. The number of fused-ring (bicyclic) bond motifs is 1. The molecule has 0 saturated heterocycles. The van der Waals surface area contributed by atoms with Gasteiger partial charge in [-0.25, -0.2) is 0 Å². The highest BCUT2D eigenvalue weighted by atomic mass is 35.5. The Labute approximate surface area is 151 Å². The van der Waals surface area contributed by atoms with Crippen LogP contribution < -0.4 is 15.0 Å². The fourth-order valence-corrected chi connectivity index (χ4v) is 3.03. The first-order valence-corrected chi connectivity index (χ1v) is 8.43. The smallest absolute Gasteiger partial charge is 0.263 e. The van der Waals surface area contributed by atoms with Gasteiger partial charge in [-0.15, -0.1) is 0 Å². The second-order valence-corrected chi connectivity index (χ2v) is 6.43. The van der Waals surface area contributed by atoms with Gasteiger partial charge < -0.3 is 15.0 Å². The number of para-hydroxylation sites is 2. The van der Waals surface area contributed by atoms with Crippen LogP contribution in [0.4, 0.5) is 5.69 Å². The van der Waals surface area contributed by atoms with Crippen LogP contribution in [0.5, 0.6) is 5.75 Å². The van der Waals surface area contributed by atoms with Crippen molar-refractivity contribution < 1.29 is 14.3 Å². The molecule has 25 heavy (non-hydrogen) atoms. The monoisotopic (exact) mass is 358 g/mol. The molecule has 6 heteroatoms. The number of hydrogen-bond acceptors (Lipinski definition) is 3. The molecule has 1 N–H and O–H groups in total. The second kappa shape index (κ2) is 7.15. The van der Waals surface area contributed by atoms with Gasteiger partial charge in [0.1, 0.15) is 5.75 Å². The van der Waals surface area contributed by atoms with Gasteiger partial charge >= 0.3 is 0 Å². The summed E-state index contributed by atoms with van der Waals surface area (Å²) in [6, 6.07) is 14.3. The Balaban J connectivity index is 1.76. The number of carbonyl (C=O) groups is 2. The van der Waals surface area contributed by atoms with Gasteiger partial charge in [0.15, 0.2) is 6.10 Å². The van der Waals surface area contributed by atoms with E-state index in [1.54, 1.807) is 23.1 Å². The lowest BCUT2D eigenvalue weighted by Gasteiger charge is -2.34. The Morgan fingerprint density at radius 1 is 1.24 bits per heavy atom. The maximum atomic E-state index is 12.6. The number of halogens is 1. The van der Waals surface area contributed by atoms with E-state index in [1.165, 1.54) is 6.92 Å².